The van der Waals surface area contributed by atoms with Gasteiger partial charge in [-0.2, -0.15) is 0 Å². The smallest absolute Gasteiger partial charge is 0.245 e. The minimum Gasteiger partial charge on any atom is -0.486 e. The Kier molecular flexibility index (Phi) is 6.50. The van der Waals surface area contributed by atoms with Crippen LogP contribution in [0.25, 0.3) is 6.08 Å². The van der Waals surface area contributed by atoms with Gasteiger partial charge in [0.25, 0.3) is 0 Å². The largest absolute Gasteiger partial charge is 0.486 e. The predicted octanol–water partition coefficient (Wildman–Crippen LogP) is 6.22. The summed E-state index contributed by atoms with van der Waals surface area (Å²) in [6.07, 6.45) is 2.85. The summed E-state index contributed by atoms with van der Waals surface area (Å²) in [5.41, 5.74) is 1.77. The van der Waals surface area contributed by atoms with E-state index in [1.165, 1.54) is 6.08 Å². The number of allylic oxidation sites excluding steroid dienone is 1. The molecular formula is C16H10Br2Cl2O2. The van der Waals surface area contributed by atoms with Crippen LogP contribution in [0, 0.1) is 0 Å². The Labute approximate surface area is 155 Å². The minimum absolute atomic E-state index is 0.396. The molecule has 0 unspecified atom stereocenters. The lowest BCUT2D eigenvalue weighted by Crippen LogP contribution is -1.97. The molecule has 0 radical (unpaired) electrons. The van der Waals surface area contributed by atoms with Crippen molar-refractivity contribution in [2.75, 3.05) is 0 Å². The maximum absolute atomic E-state index is 10.7. The average molecular weight is 465 g/mol. The van der Waals surface area contributed by atoms with E-state index in [0.717, 1.165) is 15.6 Å². The van der Waals surface area contributed by atoms with Gasteiger partial charge in [0.2, 0.25) is 5.24 Å². The van der Waals surface area contributed by atoms with E-state index < -0.39 is 5.24 Å². The third kappa shape index (κ3) is 5.13. The van der Waals surface area contributed by atoms with E-state index in [1.807, 2.05) is 24.3 Å². The normalized spacial score (nSPS) is 10.9. The van der Waals surface area contributed by atoms with Crippen LogP contribution >= 0.6 is 55.1 Å². The Balaban J connectivity index is 2.16. The number of benzene rings is 2. The molecule has 2 aromatic carbocycles. The van der Waals surface area contributed by atoms with Crippen LogP contribution in [0.2, 0.25) is 5.02 Å². The highest BCUT2D eigenvalue weighted by Crippen LogP contribution is 2.35. The van der Waals surface area contributed by atoms with E-state index in [1.54, 1.807) is 18.2 Å². The second-order valence-electron chi connectivity index (χ2n) is 4.37. The summed E-state index contributed by atoms with van der Waals surface area (Å²) < 4.78 is 7.47. The molecule has 0 spiro atoms. The number of carbonyl (C=O) groups is 1. The molecule has 0 heterocycles. The van der Waals surface area contributed by atoms with Gasteiger partial charge in [-0.25, -0.2) is 0 Å². The van der Waals surface area contributed by atoms with E-state index in [-0.39, 0.29) is 0 Å². The highest BCUT2D eigenvalue weighted by Gasteiger charge is 2.09. The zero-order valence-electron chi connectivity index (χ0n) is 11.2. The van der Waals surface area contributed by atoms with Gasteiger partial charge in [-0.1, -0.05) is 45.7 Å². The fourth-order valence-electron chi connectivity index (χ4n) is 1.76. The predicted molar refractivity (Wildman–Crippen MR) is 97.5 cm³/mol. The maximum atomic E-state index is 10.7. The highest BCUT2D eigenvalue weighted by molar-refractivity contribution is 9.10. The van der Waals surface area contributed by atoms with Crippen molar-refractivity contribution in [1.82, 2.24) is 0 Å². The van der Waals surface area contributed by atoms with Crippen LogP contribution in [-0.4, -0.2) is 5.24 Å². The summed E-state index contributed by atoms with van der Waals surface area (Å²) in [6, 6.07) is 11.3. The zero-order valence-corrected chi connectivity index (χ0v) is 15.8. The molecule has 0 amide bonds. The van der Waals surface area contributed by atoms with Crippen LogP contribution in [0.15, 0.2) is 51.4 Å². The lowest BCUT2D eigenvalue weighted by Gasteiger charge is -2.11. The van der Waals surface area contributed by atoms with Crippen LogP contribution in [-0.2, 0) is 11.4 Å². The third-order valence-electron chi connectivity index (χ3n) is 2.70. The van der Waals surface area contributed by atoms with Gasteiger partial charge in [0.1, 0.15) is 6.61 Å². The van der Waals surface area contributed by atoms with Crippen LogP contribution in [0.5, 0.6) is 5.75 Å². The molecule has 2 nitrogen and oxygen atoms in total. The van der Waals surface area contributed by atoms with Crippen molar-refractivity contribution in [2.24, 2.45) is 0 Å². The number of hydrogen-bond donors (Lipinski definition) is 0. The molecule has 0 fully saturated rings. The first kappa shape index (κ1) is 17.5. The molecule has 0 aromatic heterocycles. The van der Waals surface area contributed by atoms with Gasteiger partial charge >= 0.3 is 0 Å². The minimum atomic E-state index is -0.540. The summed E-state index contributed by atoms with van der Waals surface area (Å²) in [7, 11) is 0. The first-order valence-electron chi connectivity index (χ1n) is 6.19. The lowest BCUT2D eigenvalue weighted by atomic mass is 10.2. The van der Waals surface area contributed by atoms with Crippen LogP contribution in [0.1, 0.15) is 11.1 Å². The fraction of sp³-hybridized carbons (Fsp3) is 0.0625. The number of rotatable bonds is 5. The van der Waals surface area contributed by atoms with Gasteiger partial charge in [-0.15, -0.1) is 0 Å². The topological polar surface area (TPSA) is 26.3 Å². The van der Waals surface area contributed by atoms with E-state index in [9.17, 15) is 4.79 Å². The van der Waals surface area contributed by atoms with Crippen LogP contribution in [0.4, 0.5) is 0 Å². The second-order valence-corrected chi connectivity index (χ2v) is 6.92. The van der Waals surface area contributed by atoms with Crippen molar-refractivity contribution < 1.29 is 9.53 Å². The average Bonchev–Trinajstić information content (AvgIpc) is 2.44. The molecule has 2 aromatic rings. The molecule has 0 saturated carbocycles. The van der Waals surface area contributed by atoms with Crippen molar-refractivity contribution in [2.45, 2.75) is 6.61 Å². The molecular weight excluding hydrogens is 455 g/mol. The quantitative estimate of drug-likeness (QED) is 0.387. The van der Waals surface area contributed by atoms with Crippen LogP contribution < -0.4 is 4.74 Å². The molecule has 0 bridgehead atoms. The number of halogens is 4. The molecule has 6 heteroatoms. The zero-order chi connectivity index (χ0) is 16.1. The molecule has 0 N–H and O–H groups in total. The molecule has 0 aliphatic rings. The van der Waals surface area contributed by atoms with E-state index >= 15 is 0 Å². The molecule has 2 rings (SSSR count). The molecule has 114 valence electrons. The van der Waals surface area contributed by atoms with E-state index in [2.05, 4.69) is 31.9 Å². The van der Waals surface area contributed by atoms with E-state index in [4.69, 9.17) is 27.9 Å². The Morgan fingerprint density at radius 3 is 2.64 bits per heavy atom. The van der Waals surface area contributed by atoms with Gasteiger partial charge < -0.3 is 4.74 Å². The van der Waals surface area contributed by atoms with Gasteiger partial charge in [0.15, 0.2) is 5.75 Å². The fourth-order valence-corrected chi connectivity index (χ4v) is 3.26. The van der Waals surface area contributed by atoms with Gasteiger partial charge in [-0.3, -0.25) is 4.79 Å². The lowest BCUT2D eigenvalue weighted by molar-refractivity contribution is -0.107. The first-order valence-corrected chi connectivity index (χ1v) is 8.54. The Morgan fingerprint density at radius 1 is 1.23 bits per heavy atom. The maximum Gasteiger partial charge on any atom is 0.245 e. The first-order chi connectivity index (χ1) is 10.5. The molecule has 22 heavy (non-hydrogen) atoms. The molecule has 0 aliphatic heterocycles. The van der Waals surface area contributed by atoms with Gasteiger partial charge in [0.05, 0.1) is 9.50 Å². The van der Waals surface area contributed by atoms with Crippen molar-refractivity contribution in [1.29, 1.82) is 0 Å². The van der Waals surface area contributed by atoms with Crippen molar-refractivity contribution in [3.8, 4) is 5.75 Å². The van der Waals surface area contributed by atoms with Crippen LogP contribution in [0.3, 0.4) is 0 Å². The van der Waals surface area contributed by atoms with Crippen molar-refractivity contribution in [3.05, 3.63) is 67.6 Å². The summed E-state index contributed by atoms with van der Waals surface area (Å²) in [5.74, 6) is 0.552. The van der Waals surface area contributed by atoms with Gasteiger partial charge in [0, 0.05) is 4.47 Å². The molecule has 0 aliphatic carbocycles. The summed E-state index contributed by atoms with van der Waals surface area (Å²) in [4.78, 5) is 10.7. The standard InChI is InChI=1S/C16H10Br2Cl2O2/c17-12-3-1-2-11(6-12)9-22-16-13(18)7-10(8-14(16)19)4-5-15(20)21/h1-8H,9H2/b5-4+. The highest BCUT2D eigenvalue weighted by atomic mass is 79.9. The Bertz CT molecular complexity index is 707. The third-order valence-corrected chi connectivity index (χ3v) is 4.19. The Hall–Kier alpha value is -0.810. The number of hydrogen-bond acceptors (Lipinski definition) is 2. The number of carbonyl (C=O) groups excluding carboxylic acids is 1. The monoisotopic (exact) mass is 462 g/mol. The van der Waals surface area contributed by atoms with Gasteiger partial charge in [-0.05, 0) is 69.0 Å². The SMILES string of the molecule is O=C(Cl)/C=C/c1cc(Cl)c(OCc2cccc(Br)c2)c(Br)c1. The summed E-state index contributed by atoms with van der Waals surface area (Å²) >= 11 is 18.3. The molecule has 0 atom stereocenters. The Morgan fingerprint density at radius 2 is 2.00 bits per heavy atom. The second kappa shape index (κ2) is 8.16. The molecule has 0 saturated heterocycles. The summed E-state index contributed by atoms with van der Waals surface area (Å²) in [5, 5.41) is -0.0896. The van der Waals surface area contributed by atoms with Crippen molar-refractivity contribution >= 4 is 66.4 Å². The summed E-state index contributed by atoms with van der Waals surface area (Å²) in [6.45, 7) is 0.396. The van der Waals surface area contributed by atoms with E-state index in [0.29, 0.717) is 21.9 Å². The number of ether oxygens (including phenoxy) is 1. The van der Waals surface area contributed by atoms with Crippen molar-refractivity contribution in [3.63, 3.8) is 0 Å².